The van der Waals surface area contributed by atoms with E-state index in [1.807, 2.05) is 19.1 Å². The van der Waals surface area contributed by atoms with Crippen LogP contribution in [0.2, 0.25) is 5.02 Å². The summed E-state index contributed by atoms with van der Waals surface area (Å²) in [6, 6.07) is 6.91. The number of nitrogens with zero attached hydrogens (tertiary/aromatic N) is 3. The number of aromatic nitrogens is 3. The molecule has 2 amide bonds. The predicted molar refractivity (Wildman–Crippen MR) is 90.1 cm³/mol. The van der Waals surface area contributed by atoms with Crippen molar-refractivity contribution in [3.63, 3.8) is 0 Å². The molecule has 0 aliphatic carbocycles. The lowest BCUT2D eigenvalue weighted by Crippen LogP contribution is -2.40. The molecule has 24 heavy (non-hydrogen) atoms. The first kappa shape index (κ1) is 16.6. The van der Waals surface area contributed by atoms with Crippen LogP contribution >= 0.6 is 11.6 Å². The lowest BCUT2D eigenvalue weighted by atomic mass is 10.3. The Labute approximate surface area is 145 Å². The van der Waals surface area contributed by atoms with Crippen LogP contribution in [0.3, 0.4) is 0 Å². The number of aryl methyl sites for hydroxylation is 1. The topological polar surface area (TPSA) is 81.1 Å². The van der Waals surface area contributed by atoms with E-state index in [0.717, 1.165) is 31.0 Å². The first-order chi connectivity index (χ1) is 11.6. The highest BCUT2D eigenvalue weighted by molar-refractivity contribution is 6.30. The second-order valence-corrected chi connectivity index (χ2v) is 6.17. The average Bonchev–Trinajstić information content (AvgIpc) is 3.15. The summed E-state index contributed by atoms with van der Waals surface area (Å²) in [5, 5.41) is 14.4. The fourth-order valence-electron chi connectivity index (χ4n) is 2.61. The van der Waals surface area contributed by atoms with Crippen molar-refractivity contribution in [1.29, 1.82) is 0 Å². The number of amides is 2. The van der Waals surface area contributed by atoms with E-state index in [4.69, 9.17) is 16.3 Å². The van der Waals surface area contributed by atoms with Crippen LogP contribution in [0.4, 0.5) is 4.79 Å². The molecule has 2 N–H and O–H groups in total. The Balaban J connectivity index is 1.40. The number of hydrogen-bond acceptors (Lipinski definition) is 4. The van der Waals surface area contributed by atoms with E-state index in [0.29, 0.717) is 23.9 Å². The summed E-state index contributed by atoms with van der Waals surface area (Å²) in [6.07, 6.45) is 1.87. The van der Waals surface area contributed by atoms with Crippen molar-refractivity contribution in [2.75, 3.05) is 6.54 Å². The minimum absolute atomic E-state index is 0.174. The Morgan fingerprint density at radius 3 is 3.12 bits per heavy atom. The van der Waals surface area contributed by atoms with E-state index < -0.39 is 0 Å². The molecule has 0 radical (unpaired) electrons. The number of ether oxygens (including phenoxy) is 1. The molecular weight excluding hydrogens is 330 g/mol. The molecule has 7 nitrogen and oxygen atoms in total. The molecule has 1 aliphatic rings. The molecule has 0 saturated carbocycles. The molecule has 2 aromatic rings. The van der Waals surface area contributed by atoms with Crippen LogP contribution in [-0.4, -0.2) is 33.4 Å². The molecule has 1 aliphatic heterocycles. The summed E-state index contributed by atoms with van der Waals surface area (Å²) >= 11 is 5.91. The lowest BCUT2D eigenvalue weighted by Gasteiger charge is -2.16. The van der Waals surface area contributed by atoms with Gasteiger partial charge in [0.1, 0.15) is 17.7 Å². The third-order valence-corrected chi connectivity index (χ3v) is 4.01. The van der Waals surface area contributed by atoms with Gasteiger partial charge in [-0.05, 0) is 31.5 Å². The van der Waals surface area contributed by atoms with Crippen LogP contribution in [-0.2, 0) is 19.5 Å². The normalized spacial score (nSPS) is 14.1. The van der Waals surface area contributed by atoms with Crippen LogP contribution in [0.1, 0.15) is 25.0 Å². The van der Waals surface area contributed by atoms with E-state index in [9.17, 15) is 4.79 Å². The van der Waals surface area contributed by atoms with Gasteiger partial charge >= 0.3 is 6.03 Å². The molecule has 0 fully saturated rings. The molecule has 0 unspecified atom stereocenters. The Morgan fingerprint density at radius 2 is 2.29 bits per heavy atom. The highest BCUT2D eigenvalue weighted by Gasteiger charge is 2.17. The summed E-state index contributed by atoms with van der Waals surface area (Å²) in [5.74, 6) is 2.47. The highest BCUT2D eigenvalue weighted by Crippen LogP contribution is 2.18. The number of urea groups is 1. The fourth-order valence-corrected chi connectivity index (χ4v) is 2.79. The van der Waals surface area contributed by atoms with Crippen molar-refractivity contribution >= 4 is 17.6 Å². The van der Waals surface area contributed by atoms with Gasteiger partial charge in [-0.3, -0.25) is 0 Å². The second-order valence-electron chi connectivity index (χ2n) is 5.74. The molecule has 2 heterocycles. The molecule has 0 bridgehead atoms. The third-order valence-electron chi connectivity index (χ3n) is 3.78. The van der Waals surface area contributed by atoms with Gasteiger partial charge in [0.25, 0.3) is 0 Å². The maximum absolute atomic E-state index is 11.9. The lowest BCUT2D eigenvalue weighted by molar-refractivity contribution is 0.207. The molecule has 1 aromatic carbocycles. The standard InChI is InChI=1S/C16H20ClN5O2/c1-11(24-13-5-2-4-12(17)8-13)9-18-16(23)19-10-15-21-20-14-6-3-7-22(14)15/h2,4-5,8,11H,3,6-7,9-10H2,1H3,(H2,18,19,23)/t11-/m1/s1. The van der Waals surface area contributed by atoms with Crippen LogP contribution in [0, 0.1) is 0 Å². The summed E-state index contributed by atoms with van der Waals surface area (Å²) in [6.45, 7) is 3.55. The van der Waals surface area contributed by atoms with Gasteiger partial charge in [-0.2, -0.15) is 0 Å². The number of nitrogens with one attached hydrogen (secondary N) is 2. The zero-order valence-electron chi connectivity index (χ0n) is 13.5. The summed E-state index contributed by atoms with van der Waals surface area (Å²) < 4.78 is 7.76. The van der Waals surface area contributed by atoms with Gasteiger partial charge in [0, 0.05) is 18.0 Å². The van der Waals surface area contributed by atoms with Gasteiger partial charge in [-0.25, -0.2) is 4.79 Å². The van der Waals surface area contributed by atoms with Crippen molar-refractivity contribution in [3.05, 3.63) is 40.9 Å². The summed E-state index contributed by atoms with van der Waals surface area (Å²) in [5.41, 5.74) is 0. The first-order valence-corrected chi connectivity index (χ1v) is 8.34. The Kier molecular flexibility index (Phi) is 5.20. The average molecular weight is 350 g/mol. The Morgan fingerprint density at radius 1 is 1.42 bits per heavy atom. The van der Waals surface area contributed by atoms with Gasteiger partial charge < -0.3 is 19.9 Å². The molecule has 3 rings (SSSR count). The van der Waals surface area contributed by atoms with Crippen molar-refractivity contribution in [2.45, 2.75) is 39.0 Å². The van der Waals surface area contributed by atoms with Gasteiger partial charge in [0.05, 0.1) is 13.1 Å². The maximum Gasteiger partial charge on any atom is 0.315 e. The maximum atomic E-state index is 11.9. The number of carbonyl (C=O) groups is 1. The Hall–Kier alpha value is -2.28. The molecule has 1 atom stereocenters. The van der Waals surface area contributed by atoms with Crippen LogP contribution in [0.15, 0.2) is 24.3 Å². The summed E-state index contributed by atoms with van der Waals surface area (Å²) in [4.78, 5) is 11.9. The monoisotopic (exact) mass is 349 g/mol. The van der Waals surface area contributed by atoms with Crippen LogP contribution in [0.5, 0.6) is 5.75 Å². The molecule has 0 spiro atoms. The number of fused-ring (bicyclic) bond motifs is 1. The van der Waals surface area contributed by atoms with Crippen molar-refractivity contribution in [1.82, 2.24) is 25.4 Å². The Bertz CT molecular complexity index is 718. The molecule has 128 valence electrons. The minimum Gasteiger partial charge on any atom is -0.489 e. The number of halogens is 1. The number of rotatable bonds is 6. The van der Waals surface area contributed by atoms with Crippen molar-refractivity contribution in [2.24, 2.45) is 0 Å². The van der Waals surface area contributed by atoms with Crippen LogP contribution < -0.4 is 15.4 Å². The largest absolute Gasteiger partial charge is 0.489 e. The van der Waals surface area contributed by atoms with E-state index in [2.05, 4.69) is 25.4 Å². The number of benzene rings is 1. The highest BCUT2D eigenvalue weighted by atomic mass is 35.5. The van der Waals surface area contributed by atoms with Crippen LogP contribution in [0.25, 0.3) is 0 Å². The summed E-state index contributed by atoms with van der Waals surface area (Å²) in [7, 11) is 0. The number of carbonyl (C=O) groups excluding carboxylic acids is 1. The molecule has 0 saturated heterocycles. The first-order valence-electron chi connectivity index (χ1n) is 7.96. The SMILES string of the molecule is C[C@H](CNC(=O)NCc1nnc2n1CCC2)Oc1cccc(Cl)c1. The fraction of sp³-hybridized carbons (Fsp3) is 0.438. The molecule has 8 heteroatoms. The minimum atomic E-state index is -0.258. The second kappa shape index (κ2) is 7.53. The third kappa shape index (κ3) is 4.17. The van der Waals surface area contributed by atoms with Gasteiger partial charge in [-0.15, -0.1) is 10.2 Å². The van der Waals surface area contributed by atoms with Crippen molar-refractivity contribution in [3.8, 4) is 5.75 Å². The smallest absolute Gasteiger partial charge is 0.315 e. The quantitative estimate of drug-likeness (QED) is 0.837. The zero-order chi connectivity index (χ0) is 16.9. The van der Waals surface area contributed by atoms with Gasteiger partial charge in [0.15, 0.2) is 5.82 Å². The predicted octanol–water partition coefficient (Wildman–Crippen LogP) is 2.14. The van der Waals surface area contributed by atoms with E-state index in [1.54, 1.807) is 12.1 Å². The van der Waals surface area contributed by atoms with E-state index in [-0.39, 0.29) is 12.1 Å². The zero-order valence-corrected chi connectivity index (χ0v) is 14.2. The molecular formula is C16H20ClN5O2. The van der Waals surface area contributed by atoms with E-state index in [1.165, 1.54) is 0 Å². The number of hydrogen-bond donors (Lipinski definition) is 2. The van der Waals surface area contributed by atoms with Crippen molar-refractivity contribution < 1.29 is 9.53 Å². The van der Waals surface area contributed by atoms with Gasteiger partial charge in [0.2, 0.25) is 0 Å². The van der Waals surface area contributed by atoms with Gasteiger partial charge in [-0.1, -0.05) is 17.7 Å². The molecule has 1 aromatic heterocycles. The van der Waals surface area contributed by atoms with E-state index >= 15 is 0 Å².